The first-order valence-electron chi connectivity index (χ1n) is 5.37. The summed E-state index contributed by atoms with van der Waals surface area (Å²) in [5, 5.41) is 6.87. The second kappa shape index (κ2) is 5.79. The predicted molar refractivity (Wildman–Crippen MR) is 62.8 cm³/mol. The van der Waals surface area contributed by atoms with Crippen molar-refractivity contribution in [3.8, 4) is 0 Å². The number of carbonyl (C=O) groups excluding carboxylic acids is 1. The van der Waals surface area contributed by atoms with Crippen molar-refractivity contribution >= 4 is 18.2 Å². The summed E-state index contributed by atoms with van der Waals surface area (Å²) < 4.78 is 7.26. The Morgan fingerprint density at radius 1 is 1.62 bits per heavy atom. The fraction of sp³-hybridized carbons (Fsp3) is 0.700. The van der Waals surface area contributed by atoms with Crippen molar-refractivity contribution in [3.63, 3.8) is 0 Å². The first kappa shape index (κ1) is 12.9. The first-order chi connectivity index (χ1) is 7.56. The van der Waals surface area contributed by atoms with Gasteiger partial charge in [0.25, 0.3) is 0 Å². The Hall–Kier alpha value is -1.17. The van der Waals surface area contributed by atoms with Crippen molar-refractivity contribution in [1.29, 1.82) is 0 Å². The van der Waals surface area contributed by atoms with E-state index < -0.39 is 0 Å². The highest BCUT2D eigenvalue weighted by molar-refractivity contribution is 7.71. The predicted octanol–water partition coefficient (Wildman–Crippen LogP) is 2.02. The van der Waals surface area contributed by atoms with Crippen LogP contribution in [0.4, 0.5) is 0 Å². The Morgan fingerprint density at radius 2 is 2.31 bits per heavy atom. The Labute approximate surface area is 99.8 Å². The minimum Gasteiger partial charge on any atom is -0.466 e. The van der Waals surface area contributed by atoms with Crippen molar-refractivity contribution in [2.45, 2.75) is 39.7 Å². The van der Waals surface area contributed by atoms with E-state index in [9.17, 15) is 4.79 Å². The van der Waals surface area contributed by atoms with Gasteiger partial charge in [-0.15, -0.1) is 0 Å². The fourth-order valence-electron chi connectivity index (χ4n) is 1.42. The van der Waals surface area contributed by atoms with Gasteiger partial charge in [0.2, 0.25) is 0 Å². The van der Waals surface area contributed by atoms with Gasteiger partial charge in [-0.2, -0.15) is 5.10 Å². The van der Waals surface area contributed by atoms with E-state index in [0.717, 1.165) is 5.82 Å². The molecule has 0 aliphatic heterocycles. The van der Waals surface area contributed by atoms with Crippen LogP contribution in [0.15, 0.2) is 0 Å². The number of nitrogens with one attached hydrogen (secondary N) is 1. The number of nitrogens with zero attached hydrogens (tertiary/aromatic N) is 2. The summed E-state index contributed by atoms with van der Waals surface area (Å²) in [4.78, 5) is 11.2. The molecule has 1 aromatic heterocycles. The highest BCUT2D eigenvalue weighted by atomic mass is 32.1. The zero-order chi connectivity index (χ0) is 12.1. The van der Waals surface area contributed by atoms with Crippen LogP contribution in [0.25, 0.3) is 0 Å². The molecule has 0 fully saturated rings. The summed E-state index contributed by atoms with van der Waals surface area (Å²) in [6.45, 7) is 6.78. The van der Waals surface area contributed by atoms with E-state index in [4.69, 9.17) is 17.0 Å². The summed E-state index contributed by atoms with van der Waals surface area (Å²) in [6, 6.07) is 0. The van der Waals surface area contributed by atoms with Crippen LogP contribution >= 0.6 is 12.2 Å². The van der Waals surface area contributed by atoms with Gasteiger partial charge in [-0.1, -0.05) is 13.8 Å². The zero-order valence-corrected chi connectivity index (χ0v) is 10.6. The number of hydrogen-bond acceptors (Lipinski definition) is 4. The monoisotopic (exact) mass is 243 g/mol. The van der Waals surface area contributed by atoms with Crippen LogP contribution in [0.5, 0.6) is 0 Å². The minimum absolute atomic E-state index is 0.208. The third-order valence-electron chi connectivity index (χ3n) is 2.15. The van der Waals surface area contributed by atoms with Gasteiger partial charge >= 0.3 is 5.97 Å². The third kappa shape index (κ3) is 3.16. The van der Waals surface area contributed by atoms with Crippen LogP contribution in [0.3, 0.4) is 0 Å². The summed E-state index contributed by atoms with van der Waals surface area (Å²) in [6.07, 6.45) is 0.321. The van der Waals surface area contributed by atoms with E-state index >= 15 is 0 Å². The van der Waals surface area contributed by atoms with Gasteiger partial charge in [-0.3, -0.25) is 9.89 Å². The number of aromatic nitrogens is 3. The molecule has 0 aliphatic rings. The van der Waals surface area contributed by atoms with Gasteiger partial charge in [-0.25, -0.2) is 0 Å². The molecule has 6 heteroatoms. The molecule has 0 saturated carbocycles. The van der Waals surface area contributed by atoms with Gasteiger partial charge in [0, 0.05) is 12.5 Å². The van der Waals surface area contributed by atoms with Crippen molar-refractivity contribution in [1.82, 2.24) is 14.8 Å². The normalized spacial score (nSPS) is 10.8. The zero-order valence-electron chi connectivity index (χ0n) is 9.82. The SMILES string of the molecule is CCOC(=O)CCn1c(C(C)C)n[nH]c1=S. The molecule has 5 nitrogen and oxygen atoms in total. The van der Waals surface area contributed by atoms with Gasteiger partial charge in [-0.05, 0) is 19.1 Å². The smallest absolute Gasteiger partial charge is 0.307 e. The number of hydrogen-bond donors (Lipinski definition) is 1. The van der Waals surface area contributed by atoms with Gasteiger partial charge in [0.05, 0.1) is 13.0 Å². The maximum atomic E-state index is 11.2. The lowest BCUT2D eigenvalue weighted by atomic mass is 10.2. The maximum absolute atomic E-state index is 11.2. The molecule has 1 N–H and O–H groups in total. The van der Waals surface area contributed by atoms with Crippen molar-refractivity contribution in [2.24, 2.45) is 0 Å². The molecule has 1 heterocycles. The minimum atomic E-state index is -0.208. The van der Waals surface area contributed by atoms with E-state index in [0.29, 0.717) is 24.3 Å². The molecule has 90 valence electrons. The maximum Gasteiger partial charge on any atom is 0.307 e. The molecule has 16 heavy (non-hydrogen) atoms. The molecule has 0 aromatic carbocycles. The lowest BCUT2D eigenvalue weighted by Gasteiger charge is -2.08. The largest absolute Gasteiger partial charge is 0.466 e. The highest BCUT2D eigenvalue weighted by Gasteiger charge is 2.11. The molecular weight excluding hydrogens is 226 g/mol. The van der Waals surface area contributed by atoms with E-state index in [1.54, 1.807) is 6.92 Å². The number of aromatic amines is 1. The average Bonchev–Trinajstić information content (AvgIpc) is 2.57. The van der Waals surface area contributed by atoms with Crippen LogP contribution in [-0.2, 0) is 16.1 Å². The number of rotatable bonds is 5. The van der Waals surface area contributed by atoms with Crippen LogP contribution in [0.1, 0.15) is 38.9 Å². The number of H-pyrrole nitrogens is 1. The topological polar surface area (TPSA) is 59.9 Å². The van der Waals surface area contributed by atoms with E-state index in [2.05, 4.69) is 10.2 Å². The molecule has 1 rings (SSSR count). The van der Waals surface area contributed by atoms with Crippen LogP contribution in [0, 0.1) is 4.77 Å². The summed E-state index contributed by atoms with van der Waals surface area (Å²) in [5.74, 6) is 0.935. The second-order valence-corrected chi connectivity index (χ2v) is 4.14. The number of carbonyl (C=O) groups is 1. The molecule has 0 spiro atoms. The van der Waals surface area contributed by atoms with Gasteiger partial charge in [0.1, 0.15) is 5.82 Å². The van der Waals surface area contributed by atoms with Crippen LogP contribution in [-0.4, -0.2) is 27.3 Å². The molecule has 0 atom stereocenters. The standard InChI is InChI=1S/C10H17N3O2S/c1-4-15-8(14)5-6-13-9(7(2)3)11-12-10(13)16/h7H,4-6H2,1-3H3,(H,12,16). The van der Waals surface area contributed by atoms with E-state index in [1.165, 1.54) is 0 Å². The molecule has 0 unspecified atom stereocenters. The number of esters is 1. The van der Waals surface area contributed by atoms with Crippen molar-refractivity contribution in [3.05, 3.63) is 10.6 Å². The Kier molecular flexibility index (Phi) is 4.67. The summed E-state index contributed by atoms with van der Waals surface area (Å²) in [5.41, 5.74) is 0. The van der Waals surface area contributed by atoms with Crippen LogP contribution < -0.4 is 0 Å². The molecule has 0 radical (unpaired) electrons. The highest BCUT2D eigenvalue weighted by Crippen LogP contribution is 2.12. The summed E-state index contributed by atoms with van der Waals surface area (Å²) in [7, 11) is 0. The van der Waals surface area contributed by atoms with Crippen molar-refractivity contribution in [2.75, 3.05) is 6.61 Å². The Morgan fingerprint density at radius 3 is 2.88 bits per heavy atom. The number of ether oxygens (including phenoxy) is 1. The van der Waals surface area contributed by atoms with Crippen LogP contribution in [0.2, 0.25) is 0 Å². The Bertz CT molecular complexity index is 408. The second-order valence-electron chi connectivity index (χ2n) is 3.75. The third-order valence-corrected chi connectivity index (χ3v) is 2.46. The quantitative estimate of drug-likeness (QED) is 0.635. The lowest BCUT2D eigenvalue weighted by molar-refractivity contribution is -0.143. The lowest BCUT2D eigenvalue weighted by Crippen LogP contribution is -2.12. The Balaban J connectivity index is 2.69. The molecule has 0 saturated heterocycles. The van der Waals surface area contributed by atoms with E-state index in [-0.39, 0.29) is 11.9 Å². The summed E-state index contributed by atoms with van der Waals surface area (Å²) >= 11 is 5.10. The average molecular weight is 243 g/mol. The van der Waals surface area contributed by atoms with E-state index in [1.807, 2.05) is 18.4 Å². The van der Waals surface area contributed by atoms with Crippen molar-refractivity contribution < 1.29 is 9.53 Å². The molecule has 0 amide bonds. The molecule has 0 aliphatic carbocycles. The van der Waals surface area contributed by atoms with Gasteiger partial charge in [0.15, 0.2) is 4.77 Å². The molecule has 0 bridgehead atoms. The molecule has 1 aromatic rings. The molecular formula is C10H17N3O2S. The van der Waals surface area contributed by atoms with Gasteiger partial charge < -0.3 is 9.30 Å². The fourth-order valence-corrected chi connectivity index (χ4v) is 1.65. The first-order valence-corrected chi connectivity index (χ1v) is 5.77.